The SMILES string of the molecule is COC(=O)CC[C@@H](C)[C@H]1CC[C@H]2[C@@H]3C(C)=CC4=CC(=O)CC[C@]4(C)[C@H]3CC[C@]12C. The van der Waals surface area contributed by atoms with Gasteiger partial charge in [-0.1, -0.05) is 32.4 Å². The highest BCUT2D eigenvalue weighted by atomic mass is 16.5. The van der Waals surface area contributed by atoms with Gasteiger partial charge in [0.05, 0.1) is 7.11 Å². The molecule has 7 atom stereocenters. The molecule has 0 spiro atoms. The second-order valence-electron chi connectivity index (χ2n) is 10.9. The Hall–Kier alpha value is -1.38. The molecule has 0 aromatic heterocycles. The van der Waals surface area contributed by atoms with E-state index in [1.54, 1.807) is 0 Å². The minimum atomic E-state index is -0.0783. The molecule has 0 aliphatic heterocycles. The fourth-order valence-corrected chi connectivity index (χ4v) is 8.00. The van der Waals surface area contributed by atoms with Crippen LogP contribution in [0.15, 0.2) is 23.3 Å². The fourth-order valence-electron chi connectivity index (χ4n) is 8.00. The number of allylic oxidation sites excluding steroid dienone is 4. The lowest BCUT2D eigenvalue weighted by Crippen LogP contribution is -2.50. The molecule has 0 heterocycles. The van der Waals surface area contributed by atoms with Gasteiger partial charge in [-0.05, 0) is 97.5 Å². The number of carbonyl (C=O) groups excluding carboxylic acids is 2. The first-order valence-electron chi connectivity index (χ1n) is 11.7. The highest BCUT2D eigenvalue weighted by Gasteiger charge is 2.59. The Kier molecular flexibility index (Phi) is 5.32. The summed E-state index contributed by atoms with van der Waals surface area (Å²) in [7, 11) is 1.49. The molecule has 2 fully saturated rings. The van der Waals surface area contributed by atoms with E-state index in [-0.39, 0.29) is 11.4 Å². The highest BCUT2D eigenvalue weighted by Crippen LogP contribution is 2.67. The van der Waals surface area contributed by atoms with Crippen molar-refractivity contribution in [2.24, 2.45) is 40.4 Å². The Morgan fingerprint density at radius 3 is 2.66 bits per heavy atom. The van der Waals surface area contributed by atoms with Crippen LogP contribution in [0.1, 0.15) is 79.1 Å². The number of methoxy groups -OCH3 is 1. The summed E-state index contributed by atoms with van der Waals surface area (Å²) in [6.07, 6.45) is 12.7. The molecule has 0 bridgehead atoms. The van der Waals surface area contributed by atoms with Gasteiger partial charge in [0.1, 0.15) is 0 Å². The summed E-state index contributed by atoms with van der Waals surface area (Å²) in [6, 6.07) is 0. The number of ether oxygens (including phenoxy) is 1. The average molecular weight is 399 g/mol. The van der Waals surface area contributed by atoms with Crippen LogP contribution in [0.25, 0.3) is 0 Å². The molecule has 4 rings (SSSR count). The minimum absolute atomic E-state index is 0.0783. The molecule has 0 N–H and O–H groups in total. The normalized spacial score (nSPS) is 42.2. The van der Waals surface area contributed by atoms with Crippen LogP contribution in [0, 0.1) is 40.4 Å². The van der Waals surface area contributed by atoms with Crippen LogP contribution >= 0.6 is 0 Å². The minimum Gasteiger partial charge on any atom is -0.469 e. The van der Waals surface area contributed by atoms with E-state index in [9.17, 15) is 9.59 Å². The van der Waals surface area contributed by atoms with Crippen molar-refractivity contribution < 1.29 is 14.3 Å². The predicted molar refractivity (Wildman–Crippen MR) is 115 cm³/mol. The number of ketones is 1. The van der Waals surface area contributed by atoms with Gasteiger partial charge in [-0.3, -0.25) is 9.59 Å². The summed E-state index contributed by atoms with van der Waals surface area (Å²) in [5, 5.41) is 0. The topological polar surface area (TPSA) is 43.4 Å². The van der Waals surface area contributed by atoms with Gasteiger partial charge in [0.25, 0.3) is 0 Å². The molecule has 3 heteroatoms. The van der Waals surface area contributed by atoms with E-state index in [0.29, 0.717) is 47.7 Å². The van der Waals surface area contributed by atoms with Gasteiger partial charge < -0.3 is 4.74 Å². The third kappa shape index (κ3) is 3.24. The molecule has 0 aromatic carbocycles. The van der Waals surface area contributed by atoms with Crippen LogP contribution in [0.4, 0.5) is 0 Å². The molecule has 3 nitrogen and oxygen atoms in total. The van der Waals surface area contributed by atoms with E-state index < -0.39 is 0 Å². The molecule has 29 heavy (non-hydrogen) atoms. The maximum absolute atomic E-state index is 12.1. The molecule has 160 valence electrons. The molecule has 4 aliphatic carbocycles. The summed E-state index contributed by atoms with van der Waals surface area (Å²) >= 11 is 0. The predicted octanol–water partition coefficient (Wildman–Crippen LogP) is 5.89. The van der Waals surface area contributed by atoms with Crippen molar-refractivity contribution in [2.75, 3.05) is 7.11 Å². The van der Waals surface area contributed by atoms with Crippen molar-refractivity contribution in [2.45, 2.75) is 79.1 Å². The maximum Gasteiger partial charge on any atom is 0.305 e. The van der Waals surface area contributed by atoms with Crippen LogP contribution < -0.4 is 0 Å². The number of esters is 1. The van der Waals surface area contributed by atoms with E-state index in [0.717, 1.165) is 18.8 Å². The van der Waals surface area contributed by atoms with E-state index >= 15 is 0 Å². The van der Waals surface area contributed by atoms with Crippen LogP contribution in [0.3, 0.4) is 0 Å². The van der Waals surface area contributed by atoms with E-state index in [4.69, 9.17) is 4.74 Å². The van der Waals surface area contributed by atoms with E-state index in [2.05, 4.69) is 33.8 Å². The lowest BCUT2D eigenvalue weighted by molar-refractivity contribution is -0.141. The Balaban J connectivity index is 1.60. The van der Waals surface area contributed by atoms with E-state index in [1.165, 1.54) is 43.9 Å². The lowest BCUT2D eigenvalue weighted by atomic mass is 9.46. The Bertz CT molecular complexity index is 762. The first-order chi connectivity index (χ1) is 13.7. The van der Waals surface area contributed by atoms with Crippen molar-refractivity contribution in [1.82, 2.24) is 0 Å². The molecule has 4 aliphatic rings. The smallest absolute Gasteiger partial charge is 0.305 e. The molecular formula is C26H38O3. The number of fused-ring (bicyclic) bond motifs is 5. The number of carbonyl (C=O) groups is 2. The molecule has 0 radical (unpaired) electrons. The van der Waals surface area contributed by atoms with Crippen molar-refractivity contribution in [1.29, 1.82) is 0 Å². The average Bonchev–Trinajstić information content (AvgIpc) is 3.04. The monoisotopic (exact) mass is 398 g/mol. The molecule has 2 saturated carbocycles. The quantitative estimate of drug-likeness (QED) is 0.555. The Morgan fingerprint density at radius 2 is 1.93 bits per heavy atom. The second-order valence-corrected chi connectivity index (χ2v) is 10.9. The third-order valence-corrected chi connectivity index (χ3v) is 9.66. The summed E-state index contributed by atoms with van der Waals surface area (Å²) in [6.45, 7) is 9.65. The molecule has 0 amide bonds. The summed E-state index contributed by atoms with van der Waals surface area (Å²) in [5.41, 5.74) is 3.35. The van der Waals surface area contributed by atoms with Gasteiger partial charge in [0.15, 0.2) is 5.78 Å². The van der Waals surface area contributed by atoms with Crippen LogP contribution in [-0.4, -0.2) is 18.9 Å². The summed E-state index contributed by atoms with van der Waals surface area (Å²) in [5.74, 6) is 3.55. The Morgan fingerprint density at radius 1 is 1.17 bits per heavy atom. The Labute approximate surface area is 176 Å². The highest BCUT2D eigenvalue weighted by molar-refractivity contribution is 5.92. The van der Waals surface area contributed by atoms with Gasteiger partial charge in [-0.15, -0.1) is 0 Å². The fraction of sp³-hybridized carbons (Fsp3) is 0.769. The second kappa shape index (κ2) is 7.39. The summed E-state index contributed by atoms with van der Waals surface area (Å²) < 4.78 is 4.87. The zero-order valence-electron chi connectivity index (χ0n) is 18.9. The van der Waals surface area contributed by atoms with Gasteiger partial charge in [-0.2, -0.15) is 0 Å². The van der Waals surface area contributed by atoms with Crippen LogP contribution in [0.2, 0.25) is 0 Å². The standard InChI is InChI=1S/C26H38O3/c1-16(6-9-23(28)29-5)20-7-8-21-24-17(2)14-18-15-19(27)10-12-25(18,3)22(24)11-13-26(20,21)4/h14-16,20-22,24H,6-13H2,1-5H3/t16-,20-,21+,22+,24+,25+,26-/m1/s1. The van der Waals surface area contributed by atoms with Crippen molar-refractivity contribution >= 4 is 11.8 Å². The molecule has 0 unspecified atom stereocenters. The number of rotatable bonds is 4. The number of hydrogen-bond donors (Lipinski definition) is 0. The zero-order chi connectivity index (χ0) is 21.0. The molecule has 0 aromatic rings. The lowest BCUT2D eigenvalue weighted by Gasteiger charge is -2.58. The molecule has 0 saturated heterocycles. The van der Waals surface area contributed by atoms with Gasteiger partial charge in [0.2, 0.25) is 0 Å². The maximum atomic E-state index is 12.1. The third-order valence-electron chi connectivity index (χ3n) is 9.66. The van der Waals surface area contributed by atoms with Crippen molar-refractivity contribution in [3.05, 3.63) is 23.3 Å². The largest absolute Gasteiger partial charge is 0.469 e. The van der Waals surface area contributed by atoms with Gasteiger partial charge >= 0.3 is 5.97 Å². The first kappa shape index (κ1) is 20.9. The van der Waals surface area contributed by atoms with Crippen LogP contribution in [-0.2, 0) is 14.3 Å². The number of hydrogen-bond acceptors (Lipinski definition) is 3. The summed E-state index contributed by atoms with van der Waals surface area (Å²) in [4.78, 5) is 23.7. The molecular weight excluding hydrogens is 360 g/mol. The van der Waals surface area contributed by atoms with Crippen molar-refractivity contribution in [3.8, 4) is 0 Å². The first-order valence-corrected chi connectivity index (χ1v) is 11.7. The van der Waals surface area contributed by atoms with Crippen molar-refractivity contribution in [3.63, 3.8) is 0 Å². The van der Waals surface area contributed by atoms with Gasteiger partial charge in [0, 0.05) is 12.8 Å². The zero-order valence-corrected chi connectivity index (χ0v) is 18.9. The van der Waals surface area contributed by atoms with Gasteiger partial charge in [-0.25, -0.2) is 0 Å². The van der Waals surface area contributed by atoms with Crippen LogP contribution in [0.5, 0.6) is 0 Å². The van der Waals surface area contributed by atoms with E-state index in [1.807, 2.05) is 6.08 Å².